The number of nitro groups is 1. The summed E-state index contributed by atoms with van der Waals surface area (Å²) in [5, 5.41) is 11.0. The maximum absolute atomic E-state index is 11.7. The van der Waals surface area contributed by atoms with Crippen molar-refractivity contribution in [2.45, 2.75) is 9.79 Å². The fraction of sp³-hybridized carbons (Fsp3) is 0.133. The third-order valence-corrected chi connectivity index (χ3v) is 3.86. The fourth-order valence-electron chi connectivity index (χ4n) is 1.79. The first-order valence-electron chi connectivity index (χ1n) is 6.24. The van der Waals surface area contributed by atoms with Crippen LogP contribution in [0.2, 0.25) is 0 Å². The van der Waals surface area contributed by atoms with Crippen LogP contribution >= 0.6 is 11.8 Å². The largest absolute Gasteiger partial charge is 0.497 e. The summed E-state index contributed by atoms with van der Waals surface area (Å²) < 4.78 is 9.67. The molecule has 2 aromatic rings. The standard InChI is InChI=1S/C15H13NO5S/c1-20-10-3-5-11(6-4-10)22-12-7-8-14(16(18)19)13(9-12)15(17)21-2/h3-9H,1-2H3. The van der Waals surface area contributed by atoms with E-state index in [2.05, 4.69) is 4.74 Å². The third-order valence-electron chi connectivity index (χ3n) is 2.87. The van der Waals surface area contributed by atoms with Crippen LogP contribution in [0.1, 0.15) is 10.4 Å². The van der Waals surface area contributed by atoms with E-state index in [1.165, 1.54) is 31.0 Å². The molecule has 22 heavy (non-hydrogen) atoms. The van der Waals surface area contributed by atoms with E-state index < -0.39 is 10.9 Å². The molecule has 0 aromatic heterocycles. The summed E-state index contributed by atoms with van der Waals surface area (Å²) in [5.74, 6) is 0.00665. The van der Waals surface area contributed by atoms with Crippen molar-refractivity contribution in [2.75, 3.05) is 14.2 Å². The second-order valence-electron chi connectivity index (χ2n) is 4.21. The highest BCUT2D eigenvalue weighted by molar-refractivity contribution is 7.99. The van der Waals surface area contributed by atoms with Crippen molar-refractivity contribution in [3.8, 4) is 5.75 Å². The van der Waals surface area contributed by atoms with Gasteiger partial charge in [0.2, 0.25) is 0 Å². The first kappa shape index (κ1) is 15.8. The highest BCUT2D eigenvalue weighted by Gasteiger charge is 2.21. The Balaban J connectivity index is 2.31. The lowest BCUT2D eigenvalue weighted by atomic mass is 10.2. The molecule has 0 radical (unpaired) electrons. The molecule has 0 amide bonds. The lowest BCUT2D eigenvalue weighted by molar-refractivity contribution is -0.385. The van der Waals surface area contributed by atoms with Gasteiger partial charge in [-0.1, -0.05) is 11.8 Å². The average molecular weight is 319 g/mol. The number of methoxy groups -OCH3 is 2. The van der Waals surface area contributed by atoms with E-state index in [0.717, 1.165) is 10.6 Å². The molecule has 0 saturated heterocycles. The Morgan fingerprint density at radius 2 is 1.73 bits per heavy atom. The molecule has 6 nitrogen and oxygen atoms in total. The Kier molecular flexibility index (Phi) is 5.00. The van der Waals surface area contributed by atoms with E-state index in [0.29, 0.717) is 4.90 Å². The Morgan fingerprint density at radius 1 is 1.09 bits per heavy atom. The number of ether oxygens (including phenoxy) is 2. The van der Waals surface area contributed by atoms with E-state index in [1.807, 2.05) is 24.3 Å². The molecule has 0 N–H and O–H groups in total. The number of carbonyl (C=O) groups excluding carboxylic acids is 1. The summed E-state index contributed by atoms with van der Waals surface area (Å²) in [6.07, 6.45) is 0. The lowest BCUT2D eigenvalue weighted by Crippen LogP contribution is -2.05. The summed E-state index contributed by atoms with van der Waals surface area (Å²) in [6.45, 7) is 0. The second-order valence-corrected chi connectivity index (χ2v) is 5.35. The van der Waals surface area contributed by atoms with Crippen molar-refractivity contribution < 1.29 is 19.2 Å². The minimum Gasteiger partial charge on any atom is -0.497 e. The summed E-state index contributed by atoms with van der Waals surface area (Å²) in [6, 6.07) is 11.7. The van der Waals surface area contributed by atoms with Gasteiger partial charge in [-0.25, -0.2) is 4.79 Å². The van der Waals surface area contributed by atoms with Gasteiger partial charge in [0.1, 0.15) is 11.3 Å². The normalized spacial score (nSPS) is 10.1. The number of hydrogen-bond donors (Lipinski definition) is 0. The second kappa shape index (κ2) is 6.95. The van der Waals surface area contributed by atoms with Gasteiger partial charge in [0.25, 0.3) is 5.69 Å². The van der Waals surface area contributed by atoms with Gasteiger partial charge in [0.05, 0.1) is 19.1 Å². The summed E-state index contributed by atoms with van der Waals surface area (Å²) in [4.78, 5) is 23.7. The number of benzene rings is 2. The monoisotopic (exact) mass is 319 g/mol. The Morgan fingerprint density at radius 3 is 2.27 bits per heavy atom. The maximum atomic E-state index is 11.7. The first-order chi connectivity index (χ1) is 10.5. The minimum atomic E-state index is -0.733. The highest BCUT2D eigenvalue weighted by atomic mass is 32.2. The number of nitrogens with zero attached hydrogens (tertiary/aromatic N) is 1. The van der Waals surface area contributed by atoms with Crippen LogP contribution in [0.5, 0.6) is 5.75 Å². The van der Waals surface area contributed by atoms with Gasteiger partial charge in [-0.3, -0.25) is 10.1 Å². The molecule has 0 spiro atoms. The number of carbonyl (C=O) groups is 1. The van der Waals surface area contributed by atoms with Crippen LogP contribution < -0.4 is 4.74 Å². The number of hydrogen-bond acceptors (Lipinski definition) is 6. The molecule has 7 heteroatoms. The van der Waals surface area contributed by atoms with Crippen LogP contribution in [0.15, 0.2) is 52.3 Å². The molecule has 0 aliphatic heterocycles. The number of nitro benzene ring substituents is 1. The summed E-state index contributed by atoms with van der Waals surface area (Å²) in [5.41, 5.74) is -0.336. The predicted octanol–water partition coefficient (Wildman–Crippen LogP) is 3.54. The highest BCUT2D eigenvalue weighted by Crippen LogP contribution is 2.32. The van der Waals surface area contributed by atoms with Crippen molar-refractivity contribution in [3.05, 3.63) is 58.1 Å². The van der Waals surface area contributed by atoms with Crippen LogP contribution in [0.3, 0.4) is 0 Å². The van der Waals surface area contributed by atoms with E-state index in [-0.39, 0.29) is 11.3 Å². The van der Waals surface area contributed by atoms with Crippen molar-refractivity contribution in [1.82, 2.24) is 0 Å². The van der Waals surface area contributed by atoms with Crippen LogP contribution in [-0.4, -0.2) is 25.1 Å². The van der Waals surface area contributed by atoms with Crippen molar-refractivity contribution in [2.24, 2.45) is 0 Å². The minimum absolute atomic E-state index is 0.0639. The summed E-state index contributed by atoms with van der Waals surface area (Å²) in [7, 11) is 2.77. The fourth-order valence-corrected chi connectivity index (χ4v) is 2.65. The van der Waals surface area contributed by atoms with Gasteiger partial charge < -0.3 is 9.47 Å². The Bertz CT molecular complexity index is 700. The van der Waals surface area contributed by atoms with Crippen molar-refractivity contribution in [1.29, 1.82) is 0 Å². The molecule has 0 aliphatic carbocycles. The third kappa shape index (κ3) is 3.56. The average Bonchev–Trinajstić information content (AvgIpc) is 2.54. The topological polar surface area (TPSA) is 78.7 Å². The maximum Gasteiger partial charge on any atom is 0.344 e. The molecule has 0 bridgehead atoms. The molecule has 2 rings (SSSR count). The zero-order chi connectivity index (χ0) is 16.1. The van der Waals surface area contributed by atoms with Crippen LogP contribution in [-0.2, 0) is 4.74 Å². The van der Waals surface area contributed by atoms with Gasteiger partial charge in [-0.05, 0) is 36.4 Å². The first-order valence-corrected chi connectivity index (χ1v) is 7.05. The van der Waals surface area contributed by atoms with Gasteiger partial charge in [0.15, 0.2) is 0 Å². The summed E-state index contributed by atoms with van der Waals surface area (Å²) >= 11 is 1.38. The van der Waals surface area contributed by atoms with Crippen molar-refractivity contribution >= 4 is 23.4 Å². The molecule has 0 aliphatic rings. The quantitative estimate of drug-likeness (QED) is 0.476. The molecule has 0 fully saturated rings. The van der Waals surface area contributed by atoms with E-state index >= 15 is 0 Å². The van der Waals surface area contributed by atoms with Gasteiger partial charge >= 0.3 is 5.97 Å². The number of rotatable bonds is 5. The van der Waals surface area contributed by atoms with Crippen molar-refractivity contribution in [3.63, 3.8) is 0 Å². The smallest absolute Gasteiger partial charge is 0.344 e. The Labute approximate surface area is 131 Å². The van der Waals surface area contributed by atoms with Gasteiger partial charge in [-0.2, -0.15) is 0 Å². The molecular weight excluding hydrogens is 306 g/mol. The molecular formula is C15H13NO5S. The van der Waals surface area contributed by atoms with Crippen LogP contribution in [0.4, 0.5) is 5.69 Å². The Hall–Kier alpha value is -2.54. The molecule has 0 atom stereocenters. The number of esters is 1. The zero-order valence-electron chi connectivity index (χ0n) is 11.9. The van der Waals surface area contributed by atoms with Gasteiger partial charge in [0, 0.05) is 15.9 Å². The molecule has 0 unspecified atom stereocenters. The lowest BCUT2D eigenvalue weighted by Gasteiger charge is -2.06. The molecule has 0 saturated carbocycles. The molecule has 2 aromatic carbocycles. The molecule has 0 heterocycles. The predicted molar refractivity (Wildman–Crippen MR) is 81.6 cm³/mol. The van der Waals surface area contributed by atoms with E-state index in [4.69, 9.17) is 4.74 Å². The van der Waals surface area contributed by atoms with Crippen LogP contribution in [0, 0.1) is 10.1 Å². The zero-order valence-corrected chi connectivity index (χ0v) is 12.8. The van der Waals surface area contributed by atoms with Crippen LogP contribution in [0.25, 0.3) is 0 Å². The molecule has 114 valence electrons. The van der Waals surface area contributed by atoms with Gasteiger partial charge in [-0.15, -0.1) is 0 Å². The SMILES string of the molecule is COC(=O)c1cc(Sc2ccc(OC)cc2)ccc1[N+](=O)[O-]. The van der Waals surface area contributed by atoms with E-state index in [9.17, 15) is 14.9 Å². The van der Waals surface area contributed by atoms with E-state index in [1.54, 1.807) is 13.2 Å².